The van der Waals surface area contributed by atoms with Gasteiger partial charge < -0.3 is 10.1 Å². The lowest BCUT2D eigenvalue weighted by molar-refractivity contribution is -0.231. The number of hydrogen-bond donors (Lipinski definition) is 2. The first-order valence-electron chi connectivity index (χ1n) is 11.3. The largest absolute Gasteiger partial charge is 0.491 e. The van der Waals surface area contributed by atoms with Crippen molar-refractivity contribution in [3.63, 3.8) is 0 Å². The topological polar surface area (TPSA) is 80.0 Å². The van der Waals surface area contributed by atoms with E-state index in [4.69, 9.17) is 10.1 Å². The maximum atomic E-state index is 14.7. The molecule has 1 unspecified atom stereocenters. The Bertz CT molecular complexity index is 1340. The zero-order valence-electron chi connectivity index (χ0n) is 19.7. The highest BCUT2D eigenvalue weighted by Crippen LogP contribution is 2.50. The summed E-state index contributed by atoms with van der Waals surface area (Å²) in [6.07, 6.45) is 0.268. The van der Waals surface area contributed by atoms with E-state index in [0.29, 0.717) is 5.69 Å². The van der Waals surface area contributed by atoms with E-state index in [0.717, 1.165) is 12.3 Å². The highest BCUT2D eigenvalue weighted by Gasteiger charge is 2.59. The number of carbonyl (C=O) groups is 1. The molecule has 4 rings (SSSR count). The van der Waals surface area contributed by atoms with Crippen molar-refractivity contribution in [1.29, 1.82) is 5.41 Å². The fourth-order valence-corrected chi connectivity index (χ4v) is 4.15. The SMILES string of the molecule is CO/C(=C/Nc1ccc(C2CCC(F)(F)C(F)(F)C2)cc1F)C(=O)C(=N)c1ccnn1-c1ccccc1. The number of ether oxygens (including phenoxy) is 1. The van der Waals surface area contributed by atoms with Gasteiger partial charge in [0.1, 0.15) is 11.5 Å². The highest BCUT2D eigenvalue weighted by atomic mass is 19.3. The molecule has 1 fully saturated rings. The van der Waals surface area contributed by atoms with E-state index in [9.17, 15) is 26.7 Å². The van der Waals surface area contributed by atoms with Gasteiger partial charge in [0.25, 0.3) is 0 Å². The van der Waals surface area contributed by atoms with Crippen LogP contribution in [0.5, 0.6) is 0 Å². The molecule has 1 aliphatic carbocycles. The average molecular weight is 518 g/mol. The standard InChI is InChI=1S/C26H23F5N4O2/c1-37-22(24(36)23(32)21-10-12-34-35(21)18-5-3-2-4-6-18)15-33-20-8-7-16(13-19(20)27)17-9-11-25(28,29)26(30,31)14-17/h2-8,10,12-13,15,17,32-33H,9,11,14H2,1H3/b22-15+,32-23?. The van der Waals surface area contributed by atoms with Crippen LogP contribution in [0.2, 0.25) is 0 Å². The van der Waals surface area contributed by atoms with E-state index in [1.807, 2.05) is 6.07 Å². The molecular formula is C26H23F5N4O2. The number of aromatic nitrogens is 2. The first-order valence-corrected chi connectivity index (χ1v) is 11.3. The van der Waals surface area contributed by atoms with E-state index < -0.39 is 47.9 Å². The molecule has 0 spiro atoms. The number of carbonyl (C=O) groups excluding carboxylic acids is 1. The van der Waals surface area contributed by atoms with Gasteiger partial charge in [0.2, 0.25) is 5.78 Å². The molecule has 1 heterocycles. The molecule has 0 bridgehead atoms. The number of rotatable bonds is 8. The number of para-hydroxylation sites is 1. The molecule has 0 aliphatic heterocycles. The zero-order chi connectivity index (χ0) is 26.8. The van der Waals surface area contributed by atoms with E-state index >= 15 is 0 Å². The van der Waals surface area contributed by atoms with Gasteiger partial charge in [-0.25, -0.2) is 9.07 Å². The van der Waals surface area contributed by atoms with Crippen molar-refractivity contribution in [1.82, 2.24) is 9.78 Å². The summed E-state index contributed by atoms with van der Waals surface area (Å²) >= 11 is 0. The van der Waals surface area contributed by atoms with Crippen molar-refractivity contribution in [3.8, 4) is 5.69 Å². The summed E-state index contributed by atoms with van der Waals surface area (Å²) in [7, 11) is 1.21. The Kier molecular flexibility index (Phi) is 7.15. The highest BCUT2D eigenvalue weighted by molar-refractivity contribution is 6.49. The third-order valence-corrected chi connectivity index (χ3v) is 6.24. The third-order valence-electron chi connectivity index (χ3n) is 6.24. The van der Waals surface area contributed by atoms with E-state index in [-0.39, 0.29) is 29.1 Å². The lowest BCUT2D eigenvalue weighted by atomic mass is 9.80. The molecule has 1 saturated carbocycles. The van der Waals surface area contributed by atoms with Crippen LogP contribution in [0.15, 0.2) is 72.8 Å². The minimum absolute atomic E-state index is 0.0974. The minimum Gasteiger partial charge on any atom is -0.491 e. The number of nitrogens with zero attached hydrogens (tertiary/aromatic N) is 2. The summed E-state index contributed by atoms with van der Waals surface area (Å²) in [5, 5.41) is 15.1. The Morgan fingerprint density at radius 2 is 1.86 bits per heavy atom. The van der Waals surface area contributed by atoms with Gasteiger partial charge in [0.15, 0.2) is 5.76 Å². The van der Waals surface area contributed by atoms with Gasteiger partial charge in [-0.1, -0.05) is 24.3 Å². The number of methoxy groups -OCH3 is 1. The van der Waals surface area contributed by atoms with Crippen LogP contribution in [0.4, 0.5) is 27.6 Å². The fourth-order valence-electron chi connectivity index (χ4n) is 4.15. The number of ketones is 1. The van der Waals surface area contributed by atoms with Crippen LogP contribution in [0, 0.1) is 11.2 Å². The summed E-state index contributed by atoms with van der Waals surface area (Å²) in [5.41, 5.74) is 0.524. The molecule has 2 N–H and O–H groups in total. The Morgan fingerprint density at radius 1 is 1.14 bits per heavy atom. The summed E-state index contributed by atoms with van der Waals surface area (Å²) in [6, 6.07) is 14.0. The van der Waals surface area contributed by atoms with Gasteiger partial charge in [-0.15, -0.1) is 0 Å². The van der Waals surface area contributed by atoms with Crippen LogP contribution in [0.25, 0.3) is 5.69 Å². The van der Waals surface area contributed by atoms with E-state index in [1.54, 1.807) is 24.3 Å². The molecule has 194 valence electrons. The molecule has 37 heavy (non-hydrogen) atoms. The predicted octanol–water partition coefficient (Wildman–Crippen LogP) is 6.09. The Morgan fingerprint density at radius 3 is 2.51 bits per heavy atom. The maximum Gasteiger partial charge on any atom is 0.310 e. The van der Waals surface area contributed by atoms with Crippen LogP contribution in [-0.4, -0.2) is 40.2 Å². The summed E-state index contributed by atoms with van der Waals surface area (Å²) in [6.45, 7) is 0. The molecular weight excluding hydrogens is 495 g/mol. The normalized spacial score (nSPS) is 18.8. The van der Waals surface area contributed by atoms with Gasteiger partial charge in [0, 0.05) is 19.0 Å². The van der Waals surface area contributed by atoms with Crippen molar-refractivity contribution in [2.24, 2.45) is 0 Å². The number of allylic oxidation sites excluding steroid dienone is 1. The lowest BCUT2D eigenvalue weighted by Crippen LogP contribution is -2.45. The van der Waals surface area contributed by atoms with E-state index in [1.165, 1.54) is 36.2 Å². The Labute approximate surface area is 209 Å². The monoisotopic (exact) mass is 518 g/mol. The van der Waals surface area contributed by atoms with Crippen LogP contribution in [0.1, 0.15) is 36.4 Å². The number of anilines is 1. The van der Waals surface area contributed by atoms with Crippen molar-refractivity contribution >= 4 is 17.2 Å². The van der Waals surface area contributed by atoms with Gasteiger partial charge >= 0.3 is 11.8 Å². The first-order chi connectivity index (χ1) is 17.5. The van der Waals surface area contributed by atoms with Gasteiger partial charge in [0.05, 0.1) is 30.4 Å². The summed E-state index contributed by atoms with van der Waals surface area (Å²) < 4.78 is 75.7. The molecule has 6 nitrogen and oxygen atoms in total. The second-order valence-corrected chi connectivity index (χ2v) is 8.61. The third kappa shape index (κ3) is 5.25. The number of hydrogen-bond acceptors (Lipinski definition) is 5. The second-order valence-electron chi connectivity index (χ2n) is 8.61. The van der Waals surface area contributed by atoms with Gasteiger partial charge in [-0.2, -0.15) is 22.7 Å². The average Bonchev–Trinajstić information content (AvgIpc) is 3.37. The van der Waals surface area contributed by atoms with Crippen molar-refractivity contribution < 1.29 is 31.5 Å². The quantitative estimate of drug-likeness (QED) is 0.164. The molecule has 0 radical (unpaired) electrons. The number of alkyl halides is 4. The maximum absolute atomic E-state index is 14.7. The molecule has 1 aromatic heterocycles. The first kappa shape index (κ1) is 26.1. The Hall–Kier alpha value is -4.02. The van der Waals surface area contributed by atoms with Crippen molar-refractivity contribution in [2.75, 3.05) is 12.4 Å². The van der Waals surface area contributed by atoms with Crippen LogP contribution in [-0.2, 0) is 9.53 Å². The van der Waals surface area contributed by atoms with E-state index in [2.05, 4.69) is 10.4 Å². The molecule has 1 atom stereocenters. The van der Waals surface area contributed by atoms with Crippen LogP contribution in [0.3, 0.4) is 0 Å². The fraction of sp³-hybridized carbons (Fsp3) is 0.269. The number of benzene rings is 2. The second kappa shape index (κ2) is 10.2. The molecule has 0 saturated heterocycles. The smallest absolute Gasteiger partial charge is 0.310 e. The van der Waals surface area contributed by atoms with Crippen molar-refractivity contribution in [2.45, 2.75) is 37.0 Å². The lowest BCUT2D eigenvalue weighted by Gasteiger charge is -2.35. The van der Waals surface area contributed by atoms with Crippen molar-refractivity contribution in [3.05, 3.63) is 89.8 Å². The summed E-state index contributed by atoms with van der Waals surface area (Å²) in [4.78, 5) is 12.9. The molecule has 11 heteroatoms. The number of nitrogens with one attached hydrogen (secondary N) is 2. The predicted molar refractivity (Wildman–Crippen MR) is 127 cm³/mol. The number of Topliss-reactive ketones (excluding diaryl/α,β-unsaturated/α-hetero) is 1. The van der Waals surface area contributed by atoms with Gasteiger partial charge in [-0.3, -0.25) is 10.2 Å². The van der Waals surface area contributed by atoms with Gasteiger partial charge in [-0.05, 0) is 48.2 Å². The molecule has 3 aromatic rings. The Balaban J connectivity index is 1.49. The number of halogens is 5. The summed E-state index contributed by atoms with van der Waals surface area (Å²) in [5.74, 6) is -11.1. The zero-order valence-corrected chi connectivity index (χ0v) is 19.7. The molecule has 2 aromatic carbocycles. The van der Waals surface area contributed by atoms with Crippen LogP contribution >= 0.6 is 0 Å². The molecule has 0 amide bonds. The minimum atomic E-state index is -4.17. The molecule has 1 aliphatic rings. The van der Waals surface area contributed by atoms with Crippen LogP contribution < -0.4 is 5.32 Å².